The normalized spacial score (nSPS) is 17.8. The van der Waals surface area contributed by atoms with Gasteiger partial charge in [-0.15, -0.1) is 0 Å². The van der Waals surface area contributed by atoms with Crippen LogP contribution in [0.25, 0.3) is 0 Å². The van der Waals surface area contributed by atoms with Crippen LogP contribution < -0.4 is 10.2 Å². The molecule has 0 aromatic carbocycles. The van der Waals surface area contributed by atoms with Crippen molar-refractivity contribution in [2.75, 3.05) is 18.5 Å². The van der Waals surface area contributed by atoms with Crippen LogP contribution in [0.5, 0.6) is 0 Å². The molecule has 1 aliphatic rings. The molecule has 25 heavy (non-hydrogen) atoms. The van der Waals surface area contributed by atoms with Gasteiger partial charge in [0.25, 0.3) is 5.91 Å². The van der Waals surface area contributed by atoms with E-state index in [0.717, 1.165) is 36.7 Å². The Labute approximate surface area is 149 Å². The van der Waals surface area contributed by atoms with Crippen molar-refractivity contribution in [1.29, 1.82) is 0 Å². The predicted molar refractivity (Wildman–Crippen MR) is 98.9 cm³/mol. The van der Waals surface area contributed by atoms with Gasteiger partial charge in [-0.1, -0.05) is 13.8 Å². The predicted octanol–water partition coefficient (Wildman–Crippen LogP) is 3.03. The summed E-state index contributed by atoms with van der Waals surface area (Å²) in [6, 6.07) is 6.19. The first-order valence-corrected chi connectivity index (χ1v) is 9.00. The van der Waals surface area contributed by atoms with Crippen molar-refractivity contribution in [2.24, 2.45) is 7.05 Å². The zero-order chi connectivity index (χ0) is 18.0. The van der Waals surface area contributed by atoms with E-state index in [9.17, 15) is 4.79 Å². The Morgan fingerprint density at radius 3 is 2.80 bits per heavy atom. The van der Waals surface area contributed by atoms with E-state index in [4.69, 9.17) is 4.98 Å². The second-order valence-corrected chi connectivity index (χ2v) is 6.91. The number of aromatic nitrogens is 3. The Morgan fingerprint density at radius 1 is 1.28 bits per heavy atom. The van der Waals surface area contributed by atoms with Crippen molar-refractivity contribution in [3.63, 3.8) is 0 Å². The molecule has 1 saturated heterocycles. The molecule has 2 aromatic heterocycles. The highest BCUT2D eigenvalue weighted by atomic mass is 16.1. The first-order chi connectivity index (χ1) is 12.0. The average Bonchev–Trinajstić information content (AvgIpc) is 3.02. The van der Waals surface area contributed by atoms with Crippen LogP contribution in [0.1, 0.15) is 67.1 Å². The summed E-state index contributed by atoms with van der Waals surface area (Å²) < 4.78 is 2.01. The second-order valence-electron chi connectivity index (χ2n) is 6.91. The molecule has 1 aliphatic heterocycles. The van der Waals surface area contributed by atoms with E-state index < -0.39 is 0 Å². The Bertz CT molecular complexity index is 752. The zero-order valence-corrected chi connectivity index (χ0v) is 15.5. The molecule has 1 fully saturated rings. The van der Waals surface area contributed by atoms with E-state index in [1.54, 1.807) is 7.05 Å². The molecule has 1 amide bonds. The molecule has 0 aliphatic carbocycles. The van der Waals surface area contributed by atoms with Gasteiger partial charge in [0, 0.05) is 38.4 Å². The van der Waals surface area contributed by atoms with Gasteiger partial charge >= 0.3 is 0 Å². The van der Waals surface area contributed by atoms with Gasteiger partial charge in [0.2, 0.25) is 0 Å². The van der Waals surface area contributed by atoms with Crippen LogP contribution in [0.15, 0.2) is 24.4 Å². The number of carbonyl (C=O) groups is 1. The third kappa shape index (κ3) is 3.38. The van der Waals surface area contributed by atoms with Crippen LogP contribution in [0.2, 0.25) is 0 Å². The van der Waals surface area contributed by atoms with Crippen LogP contribution in [0.4, 0.5) is 5.82 Å². The molecule has 3 rings (SSSR count). The SMILES string of the molecule is CNC(=O)c1ccc(C2CCCCN2c2ccnc(C(C)C)n2)n1C. The lowest BCUT2D eigenvalue weighted by atomic mass is 9.99. The number of hydrogen-bond acceptors (Lipinski definition) is 4. The van der Waals surface area contributed by atoms with Gasteiger partial charge in [0.15, 0.2) is 0 Å². The van der Waals surface area contributed by atoms with Crippen molar-refractivity contribution < 1.29 is 4.79 Å². The molecule has 6 heteroatoms. The van der Waals surface area contributed by atoms with Crippen molar-refractivity contribution in [3.8, 4) is 0 Å². The zero-order valence-electron chi connectivity index (χ0n) is 15.5. The van der Waals surface area contributed by atoms with Gasteiger partial charge in [-0.05, 0) is 37.5 Å². The van der Waals surface area contributed by atoms with E-state index in [2.05, 4.69) is 35.1 Å². The maximum Gasteiger partial charge on any atom is 0.267 e. The standard InChI is InChI=1S/C19H27N5O/c1-13(2)18-21-11-10-17(22-18)24-12-6-5-7-15(24)14-8-9-16(23(14)4)19(25)20-3/h8-11,13,15H,5-7,12H2,1-4H3,(H,20,25). The van der Waals surface area contributed by atoms with Crippen LogP contribution in [-0.2, 0) is 7.05 Å². The van der Waals surface area contributed by atoms with Gasteiger partial charge < -0.3 is 14.8 Å². The van der Waals surface area contributed by atoms with Crippen molar-refractivity contribution in [3.05, 3.63) is 41.6 Å². The highest BCUT2D eigenvalue weighted by Crippen LogP contribution is 2.35. The van der Waals surface area contributed by atoms with Gasteiger partial charge in [-0.3, -0.25) is 4.79 Å². The summed E-state index contributed by atoms with van der Waals surface area (Å²) >= 11 is 0. The number of carbonyl (C=O) groups excluding carboxylic acids is 1. The Balaban J connectivity index is 1.96. The van der Waals surface area contributed by atoms with Crippen LogP contribution >= 0.6 is 0 Å². The Morgan fingerprint density at radius 2 is 2.08 bits per heavy atom. The van der Waals surface area contributed by atoms with E-state index >= 15 is 0 Å². The number of nitrogens with one attached hydrogen (secondary N) is 1. The van der Waals surface area contributed by atoms with Crippen LogP contribution in [0.3, 0.4) is 0 Å². The lowest BCUT2D eigenvalue weighted by Gasteiger charge is -2.37. The third-order valence-corrected chi connectivity index (χ3v) is 4.93. The third-order valence-electron chi connectivity index (χ3n) is 4.93. The molecular formula is C19H27N5O. The summed E-state index contributed by atoms with van der Waals surface area (Å²) in [5, 5.41) is 2.71. The summed E-state index contributed by atoms with van der Waals surface area (Å²) in [7, 11) is 3.63. The molecule has 1 atom stereocenters. The maximum atomic E-state index is 12.0. The van der Waals surface area contributed by atoms with Crippen molar-refractivity contribution >= 4 is 11.7 Å². The fourth-order valence-electron chi connectivity index (χ4n) is 3.53. The Hall–Kier alpha value is -2.37. The number of rotatable bonds is 4. The molecule has 0 radical (unpaired) electrons. The number of nitrogens with zero attached hydrogens (tertiary/aromatic N) is 4. The summed E-state index contributed by atoms with van der Waals surface area (Å²) in [5.41, 5.74) is 1.84. The first kappa shape index (κ1) is 17.5. The fourth-order valence-corrected chi connectivity index (χ4v) is 3.53. The monoisotopic (exact) mass is 341 g/mol. The smallest absolute Gasteiger partial charge is 0.267 e. The summed E-state index contributed by atoms with van der Waals surface area (Å²) in [4.78, 5) is 23.6. The number of hydrogen-bond donors (Lipinski definition) is 1. The van der Waals surface area contributed by atoms with Crippen LogP contribution in [-0.4, -0.2) is 34.0 Å². The minimum atomic E-state index is -0.0553. The van der Waals surface area contributed by atoms with E-state index in [1.807, 2.05) is 29.9 Å². The lowest BCUT2D eigenvalue weighted by Crippen LogP contribution is -2.35. The molecule has 134 valence electrons. The molecule has 2 aromatic rings. The topological polar surface area (TPSA) is 63.1 Å². The number of anilines is 1. The summed E-state index contributed by atoms with van der Waals surface area (Å²) in [6.45, 7) is 5.19. The molecule has 1 N–H and O–H groups in total. The number of piperidine rings is 1. The second kappa shape index (κ2) is 7.25. The molecular weight excluding hydrogens is 314 g/mol. The molecule has 0 saturated carbocycles. The van der Waals surface area contributed by atoms with Crippen LogP contribution in [0, 0.1) is 0 Å². The largest absolute Gasteiger partial charge is 0.354 e. The Kier molecular flexibility index (Phi) is 5.06. The summed E-state index contributed by atoms with van der Waals surface area (Å²) in [5.74, 6) is 2.10. The average molecular weight is 341 g/mol. The molecule has 0 spiro atoms. The lowest BCUT2D eigenvalue weighted by molar-refractivity contribution is 0.0954. The van der Waals surface area contributed by atoms with Gasteiger partial charge in [-0.2, -0.15) is 0 Å². The van der Waals surface area contributed by atoms with E-state index in [-0.39, 0.29) is 11.9 Å². The molecule has 1 unspecified atom stereocenters. The summed E-state index contributed by atoms with van der Waals surface area (Å²) in [6.07, 6.45) is 5.25. The maximum absolute atomic E-state index is 12.0. The highest BCUT2D eigenvalue weighted by Gasteiger charge is 2.28. The van der Waals surface area contributed by atoms with Gasteiger partial charge in [0.1, 0.15) is 17.3 Å². The molecule has 0 bridgehead atoms. The van der Waals surface area contributed by atoms with E-state index in [0.29, 0.717) is 11.6 Å². The first-order valence-electron chi connectivity index (χ1n) is 9.00. The fraction of sp³-hybridized carbons (Fsp3) is 0.526. The molecule has 3 heterocycles. The van der Waals surface area contributed by atoms with Gasteiger partial charge in [-0.25, -0.2) is 9.97 Å². The highest BCUT2D eigenvalue weighted by molar-refractivity contribution is 5.92. The van der Waals surface area contributed by atoms with E-state index in [1.165, 1.54) is 6.42 Å². The number of amides is 1. The minimum absolute atomic E-state index is 0.0553. The molecule has 6 nitrogen and oxygen atoms in total. The van der Waals surface area contributed by atoms with Gasteiger partial charge in [0.05, 0.1) is 6.04 Å². The van der Waals surface area contributed by atoms with Crippen molar-refractivity contribution in [2.45, 2.75) is 45.1 Å². The minimum Gasteiger partial charge on any atom is -0.354 e. The van der Waals surface area contributed by atoms with Crippen molar-refractivity contribution in [1.82, 2.24) is 19.9 Å². The quantitative estimate of drug-likeness (QED) is 0.928.